The lowest BCUT2D eigenvalue weighted by atomic mass is 9.95. The highest BCUT2D eigenvalue weighted by Gasteiger charge is 2.26. The second kappa shape index (κ2) is 4.42. The van der Waals surface area contributed by atoms with Crippen LogP contribution >= 0.6 is 0 Å². The molecule has 16 heavy (non-hydrogen) atoms. The van der Waals surface area contributed by atoms with Crippen molar-refractivity contribution in [2.75, 3.05) is 6.51 Å². The van der Waals surface area contributed by atoms with Gasteiger partial charge in [0, 0.05) is 6.07 Å². The van der Waals surface area contributed by atoms with Gasteiger partial charge in [-0.05, 0) is 18.6 Å². The summed E-state index contributed by atoms with van der Waals surface area (Å²) in [4.78, 5) is 9.73. The molecule has 0 aliphatic heterocycles. The van der Waals surface area contributed by atoms with Crippen molar-refractivity contribution in [1.82, 2.24) is 0 Å². The lowest BCUT2D eigenvalue weighted by Gasteiger charge is -2.15. The molecule has 0 radical (unpaired) electrons. The third-order valence-electron chi connectivity index (χ3n) is 1.74. The minimum atomic E-state index is -5.12. The highest BCUT2D eigenvalue weighted by atomic mass is 19.4. The van der Waals surface area contributed by atoms with Gasteiger partial charge in [0.1, 0.15) is 0 Å². The van der Waals surface area contributed by atoms with Crippen molar-refractivity contribution in [2.45, 2.75) is 6.92 Å². The molecule has 0 atom stereocenters. The smallest absolute Gasteiger partial charge is 0.515 e. The molecule has 88 valence electrons. The lowest BCUT2D eigenvalue weighted by Crippen LogP contribution is -2.26. The normalized spacial score (nSPS) is 11.2. The summed E-state index contributed by atoms with van der Waals surface area (Å²) in [6.07, 6.45) is 0. The third kappa shape index (κ3) is 3.45. The Bertz CT molecular complexity index is 408. The Hall–Kier alpha value is -1.73. The van der Waals surface area contributed by atoms with E-state index in [1.165, 1.54) is 12.1 Å². The van der Waals surface area contributed by atoms with Crippen molar-refractivity contribution in [3.05, 3.63) is 33.9 Å². The summed E-state index contributed by atoms with van der Waals surface area (Å²) in [6.45, 7) is -5.00. The molecule has 0 bridgehead atoms. The molecule has 0 aliphatic carbocycles. The minimum absolute atomic E-state index is 0.357. The van der Waals surface area contributed by atoms with Crippen LogP contribution in [0.3, 0.4) is 0 Å². The number of nitro groups is 1. The van der Waals surface area contributed by atoms with Crippen LogP contribution in [0.1, 0.15) is 5.56 Å². The van der Waals surface area contributed by atoms with Crippen molar-refractivity contribution in [1.29, 1.82) is 0 Å². The molecule has 4 nitrogen and oxygen atoms in total. The van der Waals surface area contributed by atoms with Gasteiger partial charge in [-0.15, -0.1) is 0 Å². The van der Waals surface area contributed by atoms with Gasteiger partial charge in [-0.3, -0.25) is 10.1 Å². The number of hydrogen-bond donors (Lipinski definition) is 0. The Labute approximate surface area is 89.2 Å². The van der Waals surface area contributed by atoms with Crippen molar-refractivity contribution in [2.24, 2.45) is 0 Å². The van der Waals surface area contributed by atoms with E-state index in [4.69, 9.17) is 0 Å². The molecular weight excluding hydrogens is 226 g/mol. The van der Waals surface area contributed by atoms with E-state index in [1.807, 2.05) is 0 Å². The van der Waals surface area contributed by atoms with Crippen molar-refractivity contribution >= 4 is 12.7 Å². The zero-order chi connectivity index (χ0) is 12.3. The van der Waals surface area contributed by atoms with Crippen LogP contribution in [0, 0.1) is 17.0 Å². The lowest BCUT2D eigenvalue weighted by molar-refractivity contribution is -0.385. The van der Waals surface area contributed by atoms with E-state index in [1.54, 1.807) is 6.92 Å². The number of nitro benzene ring substituents is 1. The molecule has 1 aromatic rings. The molecular formula is C8H8BF3NO3-. The molecule has 0 aromatic heterocycles. The zero-order valence-electron chi connectivity index (χ0n) is 8.32. The molecule has 1 rings (SSSR count). The zero-order valence-corrected chi connectivity index (χ0v) is 8.32. The van der Waals surface area contributed by atoms with E-state index in [9.17, 15) is 23.1 Å². The Morgan fingerprint density at radius 2 is 2.06 bits per heavy atom. The molecule has 0 spiro atoms. The van der Waals surface area contributed by atoms with Crippen LogP contribution in [0.15, 0.2) is 18.2 Å². The van der Waals surface area contributed by atoms with Crippen LogP contribution < -0.4 is 4.74 Å². The van der Waals surface area contributed by atoms with E-state index in [0.29, 0.717) is 5.56 Å². The summed E-state index contributed by atoms with van der Waals surface area (Å²) in [7, 11) is 0. The largest absolute Gasteiger partial charge is 0.517 e. The standard InChI is InChI=1S/C8H8BF3NO3/c1-6-2-3-7(13(14)15)8(4-6)16-5-9(10,11)12/h2-4H,5H2,1H3/q-1. The Balaban J connectivity index is 2.93. The summed E-state index contributed by atoms with van der Waals surface area (Å²) in [6, 6.07) is 3.76. The molecule has 0 N–H and O–H groups in total. The molecule has 0 aliphatic rings. The molecule has 0 amide bonds. The molecule has 0 saturated carbocycles. The summed E-state index contributed by atoms with van der Waals surface area (Å²) in [5.74, 6) is -0.357. The number of hydrogen-bond acceptors (Lipinski definition) is 3. The van der Waals surface area contributed by atoms with Crippen LogP contribution in [0.25, 0.3) is 0 Å². The molecule has 8 heteroatoms. The number of benzene rings is 1. The third-order valence-corrected chi connectivity index (χ3v) is 1.74. The van der Waals surface area contributed by atoms with Crippen LogP contribution in [0.2, 0.25) is 0 Å². The number of halogens is 3. The van der Waals surface area contributed by atoms with Crippen molar-refractivity contribution < 1.29 is 22.6 Å². The molecule has 0 fully saturated rings. The van der Waals surface area contributed by atoms with Gasteiger partial charge in [0.15, 0.2) is 5.75 Å². The van der Waals surface area contributed by atoms with Gasteiger partial charge in [0.05, 0.1) is 11.4 Å². The first kappa shape index (κ1) is 12.3. The summed E-state index contributed by atoms with van der Waals surface area (Å²) >= 11 is 0. The van der Waals surface area contributed by atoms with Gasteiger partial charge in [-0.2, -0.15) is 0 Å². The van der Waals surface area contributed by atoms with Gasteiger partial charge in [-0.25, -0.2) is 0 Å². The molecule has 0 unspecified atom stereocenters. The maximum atomic E-state index is 11.9. The topological polar surface area (TPSA) is 52.4 Å². The van der Waals surface area contributed by atoms with Crippen LogP contribution in [0.5, 0.6) is 5.75 Å². The highest BCUT2D eigenvalue weighted by molar-refractivity contribution is 6.58. The fourth-order valence-electron chi connectivity index (χ4n) is 1.07. The first-order valence-corrected chi connectivity index (χ1v) is 4.38. The predicted molar refractivity (Wildman–Crippen MR) is 52.4 cm³/mol. The van der Waals surface area contributed by atoms with E-state index in [0.717, 1.165) is 6.07 Å². The first-order valence-electron chi connectivity index (χ1n) is 4.38. The maximum absolute atomic E-state index is 11.9. The van der Waals surface area contributed by atoms with Gasteiger partial charge in [0.25, 0.3) is 0 Å². The second-order valence-corrected chi connectivity index (χ2v) is 3.25. The SMILES string of the molecule is Cc1ccc([N+](=O)[O-])c(OC[B-](F)(F)F)c1. The van der Waals surface area contributed by atoms with Gasteiger partial charge in [0.2, 0.25) is 0 Å². The quantitative estimate of drug-likeness (QED) is 0.457. The minimum Gasteiger partial charge on any atom is -0.517 e. The average Bonchev–Trinajstić information content (AvgIpc) is 2.13. The van der Waals surface area contributed by atoms with E-state index >= 15 is 0 Å². The number of nitrogens with zero attached hydrogens (tertiary/aromatic N) is 1. The summed E-state index contributed by atoms with van der Waals surface area (Å²) in [5, 5.41) is 10.5. The number of aryl methyl sites for hydroxylation is 1. The van der Waals surface area contributed by atoms with Gasteiger partial charge >= 0.3 is 12.7 Å². The molecule has 1 aromatic carbocycles. The van der Waals surface area contributed by atoms with E-state index < -0.39 is 24.1 Å². The summed E-state index contributed by atoms with van der Waals surface area (Å²) < 4.78 is 40.2. The Morgan fingerprint density at radius 3 is 2.56 bits per heavy atom. The number of rotatable bonds is 4. The summed E-state index contributed by atoms with van der Waals surface area (Å²) in [5.41, 5.74) is 0.126. The molecule has 0 saturated heterocycles. The molecule has 0 heterocycles. The van der Waals surface area contributed by atoms with Crippen LogP contribution in [0.4, 0.5) is 18.6 Å². The Kier molecular flexibility index (Phi) is 3.41. The van der Waals surface area contributed by atoms with Crippen LogP contribution in [-0.2, 0) is 0 Å². The predicted octanol–water partition coefficient (Wildman–Crippen LogP) is 2.67. The highest BCUT2D eigenvalue weighted by Crippen LogP contribution is 2.28. The second-order valence-electron chi connectivity index (χ2n) is 3.25. The average molecular weight is 234 g/mol. The van der Waals surface area contributed by atoms with Crippen molar-refractivity contribution in [3.63, 3.8) is 0 Å². The fourth-order valence-corrected chi connectivity index (χ4v) is 1.07. The maximum Gasteiger partial charge on any atom is 0.515 e. The van der Waals surface area contributed by atoms with Gasteiger partial charge in [-0.1, -0.05) is 6.07 Å². The van der Waals surface area contributed by atoms with E-state index in [2.05, 4.69) is 4.74 Å². The first-order chi connectivity index (χ1) is 7.29. The van der Waals surface area contributed by atoms with Gasteiger partial charge < -0.3 is 17.7 Å². The van der Waals surface area contributed by atoms with Crippen molar-refractivity contribution in [3.8, 4) is 5.75 Å². The Morgan fingerprint density at radius 1 is 1.44 bits per heavy atom. The van der Waals surface area contributed by atoms with E-state index in [-0.39, 0.29) is 5.75 Å². The number of ether oxygens (including phenoxy) is 1. The monoisotopic (exact) mass is 234 g/mol. The van der Waals surface area contributed by atoms with Crippen LogP contribution in [-0.4, -0.2) is 18.4 Å². The fraction of sp³-hybridized carbons (Fsp3) is 0.250.